The van der Waals surface area contributed by atoms with Crippen LogP contribution in [-0.2, 0) is 7.05 Å². The van der Waals surface area contributed by atoms with Gasteiger partial charge >= 0.3 is 0 Å². The van der Waals surface area contributed by atoms with Crippen LogP contribution in [0, 0.1) is 0 Å². The molecular weight excluding hydrogens is 326 g/mol. The van der Waals surface area contributed by atoms with Crippen LogP contribution in [0.2, 0.25) is 0 Å². The zero-order valence-corrected chi connectivity index (χ0v) is 13.5. The highest BCUT2D eigenvalue weighted by Crippen LogP contribution is 2.22. The summed E-state index contributed by atoms with van der Waals surface area (Å²) >= 11 is 1.15. The fraction of sp³-hybridized carbons (Fsp3) is 0.0714. The third kappa shape index (κ3) is 2.68. The van der Waals surface area contributed by atoms with Crippen molar-refractivity contribution in [2.45, 2.75) is 4.90 Å². The maximum Gasteiger partial charge on any atom is 0.248 e. The molecule has 4 aromatic rings. The monoisotopic (exact) mass is 339 g/mol. The summed E-state index contributed by atoms with van der Waals surface area (Å²) in [6, 6.07) is 3.69. The van der Waals surface area contributed by atoms with Crippen molar-refractivity contribution in [1.82, 2.24) is 34.3 Å². The third-order valence-corrected chi connectivity index (χ3v) is 3.86. The van der Waals surface area contributed by atoms with Crippen LogP contribution < -0.4 is 10.5 Å². The van der Waals surface area contributed by atoms with Crippen LogP contribution in [-0.4, -0.2) is 34.3 Å². The van der Waals surface area contributed by atoms with Crippen molar-refractivity contribution < 1.29 is 0 Å². The molecule has 0 radical (unpaired) electrons. The second-order valence-corrected chi connectivity index (χ2v) is 5.71. The number of anilines is 2. The molecule has 24 heavy (non-hydrogen) atoms. The molecule has 3 N–H and O–H groups in total. The molecule has 0 unspecified atom stereocenters. The summed E-state index contributed by atoms with van der Waals surface area (Å²) in [5, 5.41) is 17.1. The zero-order chi connectivity index (χ0) is 16.5. The van der Waals surface area contributed by atoms with Gasteiger partial charge in [-0.1, -0.05) is 0 Å². The number of nitrogens with zero attached hydrogens (tertiary/aromatic N) is 7. The van der Waals surface area contributed by atoms with Crippen LogP contribution in [0.4, 0.5) is 11.8 Å². The Bertz CT molecular complexity index is 989. The number of pyridine rings is 1. The number of hydrogen-bond donors (Lipinski definition) is 2. The number of fused-ring (bicyclic) bond motifs is 1. The summed E-state index contributed by atoms with van der Waals surface area (Å²) in [5.41, 5.74) is 2.24. The SMILES string of the molecule is Cn1cc(-c2nccn3nc(Nc4ccc(SN)cn4)nc23)cn1. The molecule has 4 rings (SSSR count). The predicted octanol–water partition coefficient (Wildman–Crippen LogP) is 1.63. The molecule has 9 nitrogen and oxygen atoms in total. The Labute approximate surface area is 141 Å². The van der Waals surface area contributed by atoms with Crippen LogP contribution in [0.5, 0.6) is 0 Å². The van der Waals surface area contributed by atoms with Crippen molar-refractivity contribution in [2.75, 3.05) is 5.32 Å². The lowest BCUT2D eigenvalue weighted by molar-refractivity contribution is 0.768. The van der Waals surface area contributed by atoms with Gasteiger partial charge in [0.15, 0.2) is 5.65 Å². The first-order chi connectivity index (χ1) is 11.7. The van der Waals surface area contributed by atoms with E-state index in [0.29, 0.717) is 23.1 Å². The Morgan fingerprint density at radius 1 is 1.21 bits per heavy atom. The normalized spacial score (nSPS) is 11.1. The third-order valence-electron chi connectivity index (χ3n) is 3.35. The van der Waals surface area contributed by atoms with Crippen molar-refractivity contribution in [3.8, 4) is 11.3 Å². The van der Waals surface area contributed by atoms with Crippen molar-refractivity contribution in [3.05, 3.63) is 43.1 Å². The van der Waals surface area contributed by atoms with E-state index in [4.69, 9.17) is 5.14 Å². The molecule has 0 aliphatic heterocycles. The number of nitrogens with two attached hydrogens (primary N) is 1. The van der Waals surface area contributed by atoms with E-state index in [0.717, 1.165) is 22.4 Å². The highest BCUT2D eigenvalue weighted by atomic mass is 32.2. The number of hydrogen-bond acceptors (Lipinski definition) is 8. The summed E-state index contributed by atoms with van der Waals surface area (Å²) in [7, 11) is 1.86. The average molecular weight is 339 g/mol. The standard InChI is InChI=1S/C14H13N9S/c1-22-8-9(6-18-22)12-13-20-14(21-23(13)5-4-16-12)19-11-3-2-10(24-15)7-17-11/h2-8H,15H2,1H3,(H,17,19,21). The first-order valence-corrected chi connectivity index (χ1v) is 7.91. The van der Waals surface area contributed by atoms with E-state index >= 15 is 0 Å². The summed E-state index contributed by atoms with van der Waals surface area (Å²) in [5.74, 6) is 1.08. The van der Waals surface area contributed by atoms with Gasteiger partial charge in [-0.2, -0.15) is 10.1 Å². The molecule has 0 aliphatic rings. The molecule has 0 saturated carbocycles. The van der Waals surface area contributed by atoms with Gasteiger partial charge < -0.3 is 5.32 Å². The van der Waals surface area contributed by atoms with Gasteiger partial charge in [-0.25, -0.2) is 9.50 Å². The highest BCUT2D eigenvalue weighted by Gasteiger charge is 2.12. The number of nitrogens with one attached hydrogen (secondary N) is 1. The van der Waals surface area contributed by atoms with E-state index in [1.54, 1.807) is 34.0 Å². The summed E-state index contributed by atoms with van der Waals surface area (Å²) < 4.78 is 3.39. The number of rotatable bonds is 4. The van der Waals surface area contributed by atoms with Crippen molar-refractivity contribution in [2.24, 2.45) is 12.2 Å². The molecule has 120 valence electrons. The van der Waals surface area contributed by atoms with Crippen LogP contribution >= 0.6 is 11.9 Å². The zero-order valence-electron chi connectivity index (χ0n) is 12.7. The topological polar surface area (TPSA) is 112 Å². The minimum atomic E-state index is 0.439. The van der Waals surface area contributed by atoms with E-state index in [1.807, 2.05) is 25.4 Å². The van der Waals surface area contributed by atoms with E-state index in [2.05, 4.69) is 30.5 Å². The van der Waals surface area contributed by atoms with Crippen molar-refractivity contribution in [3.63, 3.8) is 0 Å². The van der Waals surface area contributed by atoms with E-state index in [1.165, 1.54) is 0 Å². The lowest BCUT2D eigenvalue weighted by atomic mass is 10.2. The average Bonchev–Trinajstić information content (AvgIpc) is 3.21. The maximum atomic E-state index is 5.49. The predicted molar refractivity (Wildman–Crippen MR) is 90.5 cm³/mol. The van der Waals surface area contributed by atoms with E-state index in [-0.39, 0.29) is 0 Å². The van der Waals surface area contributed by atoms with Crippen LogP contribution in [0.1, 0.15) is 0 Å². The maximum absolute atomic E-state index is 5.49. The molecule has 0 fully saturated rings. The van der Waals surface area contributed by atoms with Gasteiger partial charge in [-0.15, -0.1) is 5.10 Å². The second kappa shape index (κ2) is 5.91. The van der Waals surface area contributed by atoms with Crippen LogP contribution in [0.25, 0.3) is 16.9 Å². The summed E-state index contributed by atoms with van der Waals surface area (Å²) in [6.07, 6.45) is 8.74. The lowest BCUT2D eigenvalue weighted by Gasteiger charge is -2.00. The highest BCUT2D eigenvalue weighted by molar-refractivity contribution is 7.97. The van der Waals surface area contributed by atoms with Crippen molar-refractivity contribution >= 4 is 29.4 Å². The van der Waals surface area contributed by atoms with Gasteiger partial charge in [0.2, 0.25) is 5.95 Å². The largest absolute Gasteiger partial charge is 0.307 e. The second-order valence-electron chi connectivity index (χ2n) is 5.00. The molecule has 0 aromatic carbocycles. The Morgan fingerprint density at radius 3 is 2.83 bits per heavy atom. The van der Waals surface area contributed by atoms with Crippen LogP contribution in [0.15, 0.2) is 48.0 Å². The Balaban J connectivity index is 1.70. The fourth-order valence-corrected chi connectivity index (χ4v) is 2.52. The van der Waals surface area contributed by atoms with Crippen molar-refractivity contribution in [1.29, 1.82) is 0 Å². The molecule has 4 heterocycles. The first-order valence-electron chi connectivity index (χ1n) is 7.03. The van der Waals surface area contributed by atoms with Gasteiger partial charge in [-0.3, -0.25) is 14.8 Å². The van der Waals surface area contributed by atoms with E-state index < -0.39 is 0 Å². The smallest absolute Gasteiger partial charge is 0.248 e. The first kappa shape index (κ1) is 14.6. The summed E-state index contributed by atoms with van der Waals surface area (Å²) in [6.45, 7) is 0. The van der Waals surface area contributed by atoms with Gasteiger partial charge in [-0.05, 0) is 24.1 Å². The molecule has 0 bridgehead atoms. The Hall–Kier alpha value is -2.98. The fourth-order valence-electron chi connectivity index (χ4n) is 2.26. The van der Waals surface area contributed by atoms with Gasteiger partial charge in [0.1, 0.15) is 11.5 Å². The molecule has 0 atom stereocenters. The minimum Gasteiger partial charge on any atom is -0.307 e. The summed E-state index contributed by atoms with van der Waals surface area (Å²) in [4.78, 5) is 14.1. The molecular formula is C14H13N9S. The molecule has 4 aromatic heterocycles. The van der Waals surface area contributed by atoms with E-state index in [9.17, 15) is 0 Å². The molecule has 0 saturated heterocycles. The van der Waals surface area contributed by atoms with Crippen LogP contribution in [0.3, 0.4) is 0 Å². The molecule has 0 amide bonds. The molecule has 0 aliphatic carbocycles. The molecule has 10 heteroatoms. The molecule has 0 spiro atoms. The van der Waals surface area contributed by atoms with Gasteiger partial charge in [0.05, 0.1) is 6.20 Å². The minimum absolute atomic E-state index is 0.439. The Kier molecular flexibility index (Phi) is 3.59. The number of aromatic nitrogens is 7. The quantitative estimate of drug-likeness (QED) is 0.540. The lowest BCUT2D eigenvalue weighted by Crippen LogP contribution is -1.96. The number of aryl methyl sites for hydroxylation is 1. The Morgan fingerprint density at radius 2 is 2.12 bits per heavy atom. The van der Waals surface area contributed by atoms with Gasteiger partial charge in [0, 0.05) is 42.3 Å². The van der Waals surface area contributed by atoms with Gasteiger partial charge in [0.25, 0.3) is 0 Å².